The highest BCUT2D eigenvalue weighted by atomic mass is 16.5. The first-order valence-corrected chi connectivity index (χ1v) is 7.21. The van der Waals surface area contributed by atoms with Crippen LogP contribution in [0.4, 0.5) is 0 Å². The highest BCUT2D eigenvalue weighted by molar-refractivity contribution is 4.85. The van der Waals surface area contributed by atoms with Gasteiger partial charge in [-0.3, -0.25) is 0 Å². The van der Waals surface area contributed by atoms with Gasteiger partial charge in [-0.1, -0.05) is 13.3 Å². The molecule has 2 heteroatoms. The quantitative estimate of drug-likeness (QED) is 0.776. The van der Waals surface area contributed by atoms with E-state index >= 15 is 0 Å². The van der Waals surface area contributed by atoms with Gasteiger partial charge in [0, 0.05) is 19.3 Å². The van der Waals surface area contributed by atoms with Crippen LogP contribution in [0.25, 0.3) is 0 Å². The fraction of sp³-hybridized carbons (Fsp3) is 1.00. The first-order valence-electron chi connectivity index (χ1n) is 7.21. The van der Waals surface area contributed by atoms with Crippen molar-refractivity contribution in [1.82, 2.24) is 5.32 Å². The van der Waals surface area contributed by atoms with Crippen LogP contribution >= 0.6 is 0 Å². The maximum atomic E-state index is 5.44. The molecule has 1 aliphatic heterocycles. The van der Waals surface area contributed by atoms with Gasteiger partial charge in [0.25, 0.3) is 0 Å². The summed E-state index contributed by atoms with van der Waals surface area (Å²) in [7, 11) is 0. The van der Waals surface area contributed by atoms with Gasteiger partial charge in [0.2, 0.25) is 0 Å². The molecule has 2 fully saturated rings. The molecular weight excluding hydrogens is 198 g/mol. The molecule has 2 unspecified atom stereocenters. The summed E-state index contributed by atoms with van der Waals surface area (Å²) < 4.78 is 5.44. The fourth-order valence-electron chi connectivity index (χ4n) is 3.33. The Balaban J connectivity index is 1.73. The van der Waals surface area contributed by atoms with Crippen LogP contribution in [0.5, 0.6) is 0 Å². The third-order valence-corrected chi connectivity index (χ3v) is 4.29. The molecular formula is C14H27NO. The Morgan fingerprint density at radius 2 is 1.94 bits per heavy atom. The van der Waals surface area contributed by atoms with E-state index in [0.717, 1.165) is 31.1 Å². The number of ether oxygens (including phenoxy) is 1. The van der Waals surface area contributed by atoms with Crippen LogP contribution in [0, 0.1) is 11.8 Å². The maximum Gasteiger partial charge on any atom is 0.0468 e. The summed E-state index contributed by atoms with van der Waals surface area (Å²) >= 11 is 0. The van der Waals surface area contributed by atoms with Crippen molar-refractivity contribution >= 4 is 0 Å². The van der Waals surface area contributed by atoms with Gasteiger partial charge in [0.05, 0.1) is 0 Å². The van der Waals surface area contributed by atoms with Crippen molar-refractivity contribution in [3.8, 4) is 0 Å². The van der Waals surface area contributed by atoms with Gasteiger partial charge in [0.15, 0.2) is 0 Å². The minimum absolute atomic E-state index is 0.822. The van der Waals surface area contributed by atoms with E-state index in [1.807, 2.05) is 0 Å². The molecule has 2 aliphatic rings. The summed E-state index contributed by atoms with van der Waals surface area (Å²) in [4.78, 5) is 0. The molecule has 1 saturated heterocycles. The van der Waals surface area contributed by atoms with Crippen LogP contribution in [0.3, 0.4) is 0 Å². The van der Waals surface area contributed by atoms with Gasteiger partial charge in [-0.25, -0.2) is 0 Å². The summed E-state index contributed by atoms with van der Waals surface area (Å²) in [5, 5.41) is 3.74. The van der Waals surface area contributed by atoms with Crippen molar-refractivity contribution in [2.45, 2.75) is 57.9 Å². The second-order valence-electron chi connectivity index (χ2n) is 5.54. The molecule has 2 nitrogen and oxygen atoms in total. The Labute approximate surface area is 100 Å². The van der Waals surface area contributed by atoms with E-state index in [0.29, 0.717) is 0 Å². The van der Waals surface area contributed by atoms with E-state index < -0.39 is 0 Å². The minimum atomic E-state index is 0.822. The average molecular weight is 225 g/mol. The van der Waals surface area contributed by atoms with Crippen molar-refractivity contribution in [2.24, 2.45) is 11.8 Å². The van der Waals surface area contributed by atoms with Crippen LogP contribution < -0.4 is 5.32 Å². The number of hydrogen-bond acceptors (Lipinski definition) is 2. The van der Waals surface area contributed by atoms with E-state index in [2.05, 4.69) is 12.2 Å². The lowest BCUT2D eigenvalue weighted by Gasteiger charge is -2.28. The highest BCUT2D eigenvalue weighted by Crippen LogP contribution is 2.33. The molecule has 0 aromatic carbocycles. The predicted molar refractivity (Wildman–Crippen MR) is 67.6 cm³/mol. The first-order chi connectivity index (χ1) is 7.90. The molecule has 0 radical (unpaired) electrons. The van der Waals surface area contributed by atoms with Gasteiger partial charge in [-0.05, 0) is 56.9 Å². The SMILES string of the molecule is CCCNC1CCCC1CC1CCOCC1. The lowest BCUT2D eigenvalue weighted by atomic mass is 9.86. The molecule has 0 bridgehead atoms. The zero-order valence-electron chi connectivity index (χ0n) is 10.7. The smallest absolute Gasteiger partial charge is 0.0468 e. The summed E-state index contributed by atoms with van der Waals surface area (Å²) in [6, 6.07) is 0.822. The van der Waals surface area contributed by atoms with Crippen LogP contribution in [0.1, 0.15) is 51.9 Å². The minimum Gasteiger partial charge on any atom is -0.381 e. The van der Waals surface area contributed by atoms with Crippen LogP contribution in [-0.2, 0) is 4.74 Å². The zero-order chi connectivity index (χ0) is 11.2. The normalized spacial score (nSPS) is 32.1. The molecule has 1 heterocycles. The van der Waals surface area contributed by atoms with E-state index in [1.165, 1.54) is 51.5 Å². The Hall–Kier alpha value is -0.0800. The van der Waals surface area contributed by atoms with Gasteiger partial charge in [-0.15, -0.1) is 0 Å². The lowest BCUT2D eigenvalue weighted by Crippen LogP contribution is -2.34. The van der Waals surface area contributed by atoms with Crippen LogP contribution in [-0.4, -0.2) is 25.8 Å². The average Bonchev–Trinajstić information content (AvgIpc) is 2.75. The Morgan fingerprint density at radius 1 is 1.12 bits per heavy atom. The predicted octanol–water partition coefficient (Wildman–Crippen LogP) is 2.97. The molecule has 0 amide bonds. The van der Waals surface area contributed by atoms with Crippen molar-refractivity contribution < 1.29 is 4.74 Å². The van der Waals surface area contributed by atoms with Crippen molar-refractivity contribution in [1.29, 1.82) is 0 Å². The third kappa shape index (κ3) is 3.46. The fourth-order valence-corrected chi connectivity index (χ4v) is 3.33. The van der Waals surface area contributed by atoms with Crippen LogP contribution in [0.2, 0.25) is 0 Å². The van der Waals surface area contributed by atoms with E-state index in [1.54, 1.807) is 0 Å². The van der Waals surface area contributed by atoms with Crippen molar-refractivity contribution in [3.63, 3.8) is 0 Å². The third-order valence-electron chi connectivity index (χ3n) is 4.29. The summed E-state index contributed by atoms with van der Waals surface area (Å²) in [6.07, 6.45) is 9.63. The van der Waals surface area contributed by atoms with Gasteiger partial charge >= 0.3 is 0 Å². The molecule has 0 aromatic heterocycles. The Bertz CT molecular complexity index is 189. The van der Waals surface area contributed by atoms with E-state index in [4.69, 9.17) is 4.74 Å². The molecule has 1 saturated carbocycles. The summed E-state index contributed by atoms with van der Waals surface area (Å²) in [6.45, 7) is 5.47. The number of hydrogen-bond donors (Lipinski definition) is 1. The number of rotatable bonds is 5. The number of nitrogens with one attached hydrogen (secondary N) is 1. The monoisotopic (exact) mass is 225 g/mol. The van der Waals surface area contributed by atoms with Crippen LogP contribution in [0.15, 0.2) is 0 Å². The molecule has 2 atom stereocenters. The topological polar surface area (TPSA) is 21.3 Å². The summed E-state index contributed by atoms with van der Waals surface area (Å²) in [5.74, 6) is 1.90. The lowest BCUT2D eigenvalue weighted by molar-refractivity contribution is 0.0574. The Kier molecular flexibility index (Phi) is 5.11. The van der Waals surface area contributed by atoms with Gasteiger partial charge in [0.1, 0.15) is 0 Å². The summed E-state index contributed by atoms with van der Waals surface area (Å²) in [5.41, 5.74) is 0. The molecule has 1 aliphatic carbocycles. The molecule has 2 rings (SSSR count). The van der Waals surface area contributed by atoms with Gasteiger partial charge in [-0.2, -0.15) is 0 Å². The standard InChI is InChI=1S/C14H27NO/c1-2-8-15-14-5-3-4-13(14)11-12-6-9-16-10-7-12/h12-15H,2-11H2,1H3. The first kappa shape index (κ1) is 12.4. The van der Waals surface area contributed by atoms with Gasteiger partial charge < -0.3 is 10.1 Å². The molecule has 16 heavy (non-hydrogen) atoms. The molecule has 94 valence electrons. The van der Waals surface area contributed by atoms with E-state index in [9.17, 15) is 0 Å². The largest absolute Gasteiger partial charge is 0.381 e. The molecule has 1 N–H and O–H groups in total. The Morgan fingerprint density at radius 3 is 2.69 bits per heavy atom. The highest BCUT2D eigenvalue weighted by Gasteiger charge is 2.29. The van der Waals surface area contributed by atoms with Crippen molar-refractivity contribution in [3.05, 3.63) is 0 Å². The van der Waals surface area contributed by atoms with Crippen molar-refractivity contribution in [2.75, 3.05) is 19.8 Å². The second-order valence-corrected chi connectivity index (χ2v) is 5.54. The second kappa shape index (κ2) is 6.61. The van der Waals surface area contributed by atoms with E-state index in [-0.39, 0.29) is 0 Å². The molecule has 0 spiro atoms. The molecule has 0 aromatic rings. The zero-order valence-corrected chi connectivity index (χ0v) is 10.7. The maximum absolute atomic E-state index is 5.44.